The maximum absolute atomic E-state index is 8.78. The Kier molecular flexibility index (Phi) is 2.98. The molecular formula is C12H14N2O. The van der Waals surface area contributed by atoms with Gasteiger partial charge in [0.15, 0.2) is 0 Å². The lowest BCUT2D eigenvalue weighted by molar-refractivity contribution is 0.0865. The second-order valence-electron chi connectivity index (χ2n) is 3.88. The summed E-state index contributed by atoms with van der Waals surface area (Å²) in [4.78, 5) is 4.39. The molecule has 2 heterocycles. The summed E-state index contributed by atoms with van der Waals surface area (Å²) in [6.07, 6.45) is 3.90. The van der Waals surface area contributed by atoms with Crippen LogP contribution in [0, 0.1) is 11.3 Å². The first-order chi connectivity index (χ1) is 7.35. The molecule has 78 valence electrons. The molecule has 0 N–H and O–H groups in total. The zero-order valence-corrected chi connectivity index (χ0v) is 8.86. The minimum atomic E-state index is 0.409. The summed E-state index contributed by atoms with van der Waals surface area (Å²) in [6.45, 7) is 3.52. The van der Waals surface area contributed by atoms with Gasteiger partial charge in [-0.3, -0.25) is 4.98 Å². The molecule has 2 rings (SSSR count). The Bertz CT molecular complexity index is 395. The van der Waals surface area contributed by atoms with Crippen LogP contribution in [0.5, 0.6) is 0 Å². The lowest BCUT2D eigenvalue weighted by Gasteiger charge is -2.24. The van der Waals surface area contributed by atoms with E-state index in [1.165, 1.54) is 0 Å². The van der Waals surface area contributed by atoms with Crippen molar-refractivity contribution in [2.24, 2.45) is 0 Å². The van der Waals surface area contributed by atoms with Crippen LogP contribution >= 0.6 is 0 Å². The zero-order chi connectivity index (χ0) is 10.7. The molecule has 0 spiro atoms. The fraction of sp³-hybridized carbons (Fsp3) is 0.500. The third kappa shape index (κ3) is 2.00. The maximum atomic E-state index is 8.78. The van der Waals surface area contributed by atoms with E-state index in [9.17, 15) is 0 Å². The van der Waals surface area contributed by atoms with Gasteiger partial charge in [-0.15, -0.1) is 0 Å². The number of ether oxygens (including phenoxy) is 1. The summed E-state index contributed by atoms with van der Waals surface area (Å²) < 4.78 is 5.51. The predicted molar refractivity (Wildman–Crippen MR) is 56.3 cm³/mol. The van der Waals surface area contributed by atoms with Crippen molar-refractivity contribution in [3.63, 3.8) is 0 Å². The topological polar surface area (TPSA) is 45.9 Å². The summed E-state index contributed by atoms with van der Waals surface area (Å²) in [5, 5.41) is 8.78. The van der Waals surface area contributed by atoms with Crippen LogP contribution in [0.3, 0.4) is 0 Å². The molecule has 0 saturated heterocycles. The Morgan fingerprint density at radius 3 is 3.27 bits per heavy atom. The van der Waals surface area contributed by atoms with Crippen molar-refractivity contribution in [1.82, 2.24) is 4.98 Å². The van der Waals surface area contributed by atoms with Crippen molar-refractivity contribution in [3.8, 4) is 6.07 Å². The van der Waals surface area contributed by atoms with Crippen LogP contribution in [0.2, 0.25) is 0 Å². The van der Waals surface area contributed by atoms with Crippen LogP contribution < -0.4 is 0 Å². The van der Waals surface area contributed by atoms with Gasteiger partial charge in [-0.25, -0.2) is 0 Å². The van der Waals surface area contributed by atoms with E-state index in [4.69, 9.17) is 10.00 Å². The highest BCUT2D eigenvalue weighted by Crippen LogP contribution is 2.28. The summed E-state index contributed by atoms with van der Waals surface area (Å²) in [7, 11) is 0. The van der Waals surface area contributed by atoms with Crippen LogP contribution in [0.15, 0.2) is 12.3 Å². The highest BCUT2D eigenvalue weighted by atomic mass is 16.5. The molecule has 3 nitrogen and oxygen atoms in total. The lowest BCUT2D eigenvalue weighted by atomic mass is 9.94. The van der Waals surface area contributed by atoms with Crippen LogP contribution in [0.25, 0.3) is 0 Å². The molecule has 1 atom stereocenters. The van der Waals surface area contributed by atoms with Gasteiger partial charge in [-0.05, 0) is 12.5 Å². The van der Waals surface area contributed by atoms with E-state index < -0.39 is 0 Å². The van der Waals surface area contributed by atoms with Gasteiger partial charge in [0, 0.05) is 17.7 Å². The smallest absolute Gasteiger partial charge is 0.101 e. The van der Waals surface area contributed by atoms with Crippen LogP contribution in [0.4, 0.5) is 0 Å². The van der Waals surface area contributed by atoms with E-state index >= 15 is 0 Å². The number of rotatable bonds is 2. The van der Waals surface area contributed by atoms with Crippen LogP contribution in [-0.2, 0) is 11.3 Å². The fourth-order valence-corrected chi connectivity index (χ4v) is 2.02. The molecule has 0 saturated carbocycles. The van der Waals surface area contributed by atoms with E-state index in [0.717, 1.165) is 30.7 Å². The van der Waals surface area contributed by atoms with Gasteiger partial charge in [0.25, 0.3) is 0 Å². The highest BCUT2D eigenvalue weighted by molar-refractivity contribution is 5.35. The fourth-order valence-electron chi connectivity index (χ4n) is 2.02. The number of aromatic nitrogens is 1. The van der Waals surface area contributed by atoms with Gasteiger partial charge in [0.05, 0.1) is 24.5 Å². The van der Waals surface area contributed by atoms with Crippen molar-refractivity contribution in [1.29, 1.82) is 5.26 Å². The predicted octanol–water partition coefficient (Wildman–Crippen LogP) is 2.37. The Hall–Kier alpha value is -1.40. The Morgan fingerprint density at radius 1 is 1.67 bits per heavy atom. The molecule has 1 aliphatic rings. The molecule has 1 unspecified atom stereocenters. The van der Waals surface area contributed by atoms with Crippen molar-refractivity contribution in [3.05, 3.63) is 29.1 Å². The standard InChI is InChI=1S/C12H14N2O/c1-2-3-10-7-15-8-11-4-9(5-13)6-14-12(10)11/h4,6,10H,2-3,7-8H2,1H3. The SMILES string of the molecule is CCCC1COCc2cc(C#N)cnc21. The van der Waals surface area contributed by atoms with Crippen molar-refractivity contribution >= 4 is 0 Å². The third-order valence-electron chi connectivity index (χ3n) is 2.73. The Morgan fingerprint density at radius 2 is 2.53 bits per heavy atom. The van der Waals surface area contributed by atoms with Crippen LogP contribution in [-0.4, -0.2) is 11.6 Å². The molecular weight excluding hydrogens is 188 g/mol. The van der Waals surface area contributed by atoms with E-state index in [2.05, 4.69) is 18.0 Å². The van der Waals surface area contributed by atoms with Gasteiger partial charge in [-0.2, -0.15) is 5.26 Å². The first kappa shape index (κ1) is 10.1. The minimum Gasteiger partial charge on any atom is -0.376 e. The van der Waals surface area contributed by atoms with Crippen molar-refractivity contribution in [2.45, 2.75) is 32.3 Å². The second-order valence-corrected chi connectivity index (χ2v) is 3.88. The largest absolute Gasteiger partial charge is 0.376 e. The zero-order valence-electron chi connectivity index (χ0n) is 8.86. The molecule has 3 heteroatoms. The quantitative estimate of drug-likeness (QED) is 0.739. The molecule has 1 aromatic rings. The van der Waals surface area contributed by atoms with E-state index in [-0.39, 0.29) is 0 Å². The Labute approximate surface area is 89.7 Å². The molecule has 0 amide bonds. The van der Waals surface area contributed by atoms with Gasteiger partial charge < -0.3 is 4.74 Å². The second kappa shape index (κ2) is 4.41. The molecule has 0 aliphatic carbocycles. The number of nitriles is 1. The van der Waals surface area contributed by atoms with E-state index in [1.54, 1.807) is 6.20 Å². The Balaban J connectivity index is 2.33. The van der Waals surface area contributed by atoms with Gasteiger partial charge in [0.1, 0.15) is 6.07 Å². The molecule has 0 bridgehead atoms. The van der Waals surface area contributed by atoms with Gasteiger partial charge in [0.2, 0.25) is 0 Å². The first-order valence-electron chi connectivity index (χ1n) is 5.31. The molecule has 1 aromatic heterocycles. The molecule has 15 heavy (non-hydrogen) atoms. The average Bonchev–Trinajstić information content (AvgIpc) is 2.29. The van der Waals surface area contributed by atoms with Gasteiger partial charge >= 0.3 is 0 Å². The third-order valence-corrected chi connectivity index (χ3v) is 2.73. The number of hydrogen-bond acceptors (Lipinski definition) is 3. The molecule has 0 aromatic carbocycles. The normalized spacial score (nSPS) is 19.3. The van der Waals surface area contributed by atoms with Gasteiger partial charge in [-0.1, -0.05) is 13.3 Å². The minimum absolute atomic E-state index is 0.409. The summed E-state index contributed by atoms with van der Waals surface area (Å²) >= 11 is 0. The van der Waals surface area contributed by atoms with Crippen molar-refractivity contribution < 1.29 is 4.74 Å². The summed E-state index contributed by atoms with van der Waals surface area (Å²) in [5.41, 5.74) is 2.83. The molecule has 0 fully saturated rings. The van der Waals surface area contributed by atoms with E-state index in [0.29, 0.717) is 18.1 Å². The van der Waals surface area contributed by atoms with E-state index in [1.807, 2.05) is 6.07 Å². The average molecular weight is 202 g/mol. The first-order valence-corrected chi connectivity index (χ1v) is 5.31. The number of nitrogens with zero attached hydrogens (tertiary/aromatic N) is 2. The van der Waals surface area contributed by atoms with Crippen molar-refractivity contribution in [2.75, 3.05) is 6.61 Å². The monoisotopic (exact) mass is 202 g/mol. The summed E-state index contributed by atoms with van der Waals surface area (Å²) in [6, 6.07) is 4.00. The number of fused-ring (bicyclic) bond motifs is 1. The lowest BCUT2D eigenvalue weighted by Crippen LogP contribution is -2.18. The molecule has 1 aliphatic heterocycles. The number of hydrogen-bond donors (Lipinski definition) is 0. The van der Waals surface area contributed by atoms with Crippen LogP contribution in [0.1, 0.15) is 42.5 Å². The highest BCUT2D eigenvalue weighted by Gasteiger charge is 2.21. The maximum Gasteiger partial charge on any atom is 0.101 e. The summed E-state index contributed by atoms with van der Waals surface area (Å²) in [5.74, 6) is 0.409. The number of pyridine rings is 1. The molecule has 0 radical (unpaired) electrons.